The number of nitrogens with zero attached hydrogens (tertiary/aromatic N) is 1. The van der Waals surface area contributed by atoms with Gasteiger partial charge in [-0.25, -0.2) is 0 Å². The van der Waals surface area contributed by atoms with Crippen LogP contribution < -0.4 is 5.32 Å². The zero-order valence-electron chi connectivity index (χ0n) is 12.7. The molecular weight excluding hydrogens is 269 g/mol. The van der Waals surface area contributed by atoms with E-state index in [0.717, 1.165) is 26.0 Å². The van der Waals surface area contributed by atoms with Gasteiger partial charge in [0.15, 0.2) is 0 Å². The highest BCUT2D eigenvalue weighted by atomic mass is 19.4. The smallest absolute Gasteiger partial charge is 0.381 e. The lowest BCUT2D eigenvalue weighted by Crippen LogP contribution is -2.52. The molecule has 1 saturated heterocycles. The quantitative estimate of drug-likeness (QED) is 0.782. The van der Waals surface area contributed by atoms with Crippen molar-refractivity contribution in [2.45, 2.75) is 45.8 Å². The van der Waals surface area contributed by atoms with Crippen molar-refractivity contribution in [1.29, 1.82) is 0 Å². The Morgan fingerprint density at radius 1 is 1.35 bits per heavy atom. The maximum atomic E-state index is 12.7. The topological polar surface area (TPSA) is 24.5 Å². The molecule has 6 heteroatoms. The molecule has 3 nitrogen and oxygen atoms in total. The Hall–Kier alpha value is -0.330. The van der Waals surface area contributed by atoms with Gasteiger partial charge in [-0.2, -0.15) is 13.2 Å². The Balaban J connectivity index is 2.73. The maximum Gasteiger partial charge on any atom is 0.401 e. The van der Waals surface area contributed by atoms with Crippen LogP contribution in [0.1, 0.15) is 33.6 Å². The molecule has 1 N–H and O–H groups in total. The van der Waals surface area contributed by atoms with Gasteiger partial charge in [0, 0.05) is 31.2 Å². The van der Waals surface area contributed by atoms with Gasteiger partial charge in [0.25, 0.3) is 0 Å². The number of halogens is 3. The summed E-state index contributed by atoms with van der Waals surface area (Å²) in [6, 6.07) is -0.128. The highest BCUT2D eigenvalue weighted by Crippen LogP contribution is 2.31. The van der Waals surface area contributed by atoms with Gasteiger partial charge in [-0.3, -0.25) is 4.90 Å². The molecule has 20 heavy (non-hydrogen) atoms. The summed E-state index contributed by atoms with van der Waals surface area (Å²) in [5, 5.41) is 3.28. The van der Waals surface area contributed by atoms with Crippen LogP contribution >= 0.6 is 0 Å². The fourth-order valence-corrected chi connectivity index (χ4v) is 2.70. The van der Waals surface area contributed by atoms with Crippen LogP contribution in [0, 0.1) is 5.41 Å². The van der Waals surface area contributed by atoms with E-state index in [1.807, 2.05) is 20.8 Å². The van der Waals surface area contributed by atoms with E-state index >= 15 is 0 Å². The molecule has 0 amide bonds. The van der Waals surface area contributed by atoms with E-state index in [0.29, 0.717) is 19.7 Å². The second-order valence-corrected chi connectivity index (χ2v) is 6.05. The van der Waals surface area contributed by atoms with Crippen molar-refractivity contribution < 1.29 is 17.9 Å². The average Bonchev–Trinajstić information content (AvgIpc) is 2.35. The summed E-state index contributed by atoms with van der Waals surface area (Å²) in [5.74, 6) is 0. The molecule has 1 heterocycles. The highest BCUT2D eigenvalue weighted by Gasteiger charge is 2.39. The predicted molar refractivity (Wildman–Crippen MR) is 73.8 cm³/mol. The van der Waals surface area contributed by atoms with Crippen molar-refractivity contribution in [1.82, 2.24) is 10.2 Å². The first-order valence-electron chi connectivity index (χ1n) is 7.37. The summed E-state index contributed by atoms with van der Waals surface area (Å²) in [6.07, 6.45) is -2.32. The van der Waals surface area contributed by atoms with E-state index in [4.69, 9.17) is 4.74 Å². The monoisotopic (exact) mass is 296 g/mol. The molecule has 0 spiro atoms. The molecule has 1 fully saturated rings. The van der Waals surface area contributed by atoms with E-state index < -0.39 is 12.7 Å². The minimum Gasteiger partial charge on any atom is -0.381 e. The molecule has 0 aliphatic carbocycles. The van der Waals surface area contributed by atoms with Crippen molar-refractivity contribution in [3.8, 4) is 0 Å². The molecule has 1 unspecified atom stereocenters. The number of ether oxygens (including phenoxy) is 1. The van der Waals surface area contributed by atoms with Gasteiger partial charge in [-0.05, 0) is 33.2 Å². The summed E-state index contributed by atoms with van der Waals surface area (Å²) in [4.78, 5) is 1.52. The molecule has 0 bridgehead atoms. The van der Waals surface area contributed by atoms with Gasteiger partial charge < -0.3 is 10.1 Å². The average molecular weight is 296 g/mol. The lowest BCUT2D eigenvalue weighted by atomic mass is 9.81. The number of hydrogen-bond donors (Lipinski definition) is 1. The molecule has 1 rings (SSSR count). The third-order valence-electron chi connectivity index (χ3n) is 3.81. The molecule has 0 aromatic heterocycles. The third-order valence-corrected chi connectivity index (χ3v) is 3.81. The normalized spacial score (nSPS) is 24.6. The molecule has 0 aromatic carbocycles. The van der Waals surface area contributed by atoms with E-state index in [1.54, 1.807) is 0 Å². The van der Waals surface area contributed by atoms with Gasteiger partial charge in [-0.15, -0.1) is 0 Å². The van der Waals surface area contributed by atoms with Crippen LogP contribution in [0.2, 0.25) is 0 Å². The van der Waals surface area contributed by atoms with E-state index in [2.05, 4.69) is 5.32 Å². The highest BCUT2D eigenvalue weighted by molar-refractivity contribution is 4.88. The zero-order valence-corrected chi connectivity index (χ0v) is 12.7. The fourth-order valence-electron chi connectivity index (χ4n) is 2.70. The van der Waals surface area contributed by atoms with E-state index in [9.17, 15) is 13.2 Å². The van der Waals surface area contributed by atoms with Crippen molar-refractivity contribution in [2.24, 2.45) is 5.41 Å². The second kappa shape index (κ2) is 7.61. The minimum absolute atomic E-state index is 0.128. The molecule has 1 atom stereocenters. The molecule has 0 saturated carbocycles. The predicted octanol–water partition coefficient (Wildman–Crippen LogP) is 2.67. The van der Waals surface area contributed by atoms with Gasteiger partial charge in [0.05, 0.1) is 13.2 Å². The van der Waals surface area contributed by atoms with Crippen LogP contribution in [0.3, 0.4) is 0 Å². The van der Waals surface area contributed by atoms with Crippen molar-refractivity contribution in [3.05, 3.63) is 0 Å². The van der Waals surface area contributed by atoms with Crippen molar-refractivity contribution in [2.75, 3.05) is 39.4 Å². The third kappa shape index (κ3) is 5.97. The van der Waals surface area contributed by atoms with Crippen LogP contribution in [-0.4, -0.2) is 56.5 Å². The van der Waals surface area contributed by atoms with E-state index in [-0.39, 0.29) is 11.5 Å². The Morgan fingerprint density at radius 3 is 2.50 bits per heavy atom. The standard InChI is InChI=1S/C14H27F3N2O/c1-4-18-8-13(6-5-7-20-11-13)9-19(12(2)3)10-14(15,16)17/h12,18H,4-11H2,1-3H3. The summed E-state index contributed by atoms with van der Waals surface area (Å²) in [7, 11) is 0. The number of rotatable bonds is 7. The SMILES string of the molecule is CCNCC1(CN(CC(F)(F)F)C(C)C)CCCOC1. The Bertz CT molecular complexity index is 276. The lowest BCUT2D eigenvalue weighted by molar-refractivity contribution is -0.156. The Labute approximate surface area is 119 Å². The van der Waals surface area contributed by atoms with Crippen LogP contribution in [-0.2, 0) is 4.74 Å². The van der Waals surface area contributed by atoms with Crippen LogP contribution in [0.15, 0.2) is 0 Å². The van der Waals surface area contributed by atoms with Crippen molar-refractivity contribution >= 4 is 0 Å². The number of hydrogen-bond acceptors (Lipinski definition) is 3. The van der Waals surface area contributed by atoms with Crippen LogP contribution in [0.25, 0.3) is 0 Å². The molecule has 120 valence electrons. The first-order chi connectivity index (χ1) is 9.28. The van der Waals surface area contributed by atoms with Gasteiger partial charge in [0.2, 0.25) is 0 Å². The van der Waals surface area contributed by atoms with Gasteiger partial charge in [-0.1, -0.05) is 6.92 Å². The summed E-state index contributed by atoms with van der Waals surface area (Å²) >= 11 is 0. The number of alkyl halides is 3. The summed E-state index contributed by atoms with van der Waals surface area (Å²) in [6.45, 7) is 8.01. The van der Waals surface area contributed by atoms with E-state index in [1.165, 1.54) is 4.90 Å². The molecule has 0 radical (unpaired) electrons. The first-order valence-corrected chi connectivity index (χ1v) is 7.37. The zero-order chi connectivity index (χ0) is 15.2. The Morgan fingerprint density at radius 2 is 2.05 bits per heavy atom. The largest absolute Gasteiger partial charge is 0.401 e. The van der Waals surface area contributed by atoms with Gasteiger partial charge >= 0.3 is 6.18 Å². The maximum absolute atomic E-state index is 12.7. The summed E-state index contributed by atoms with van der Waals surface area (Å²) < 4.78 is 43.7. The van der Waals surface area contributed by atoms with Crippen molar-refractivity contribution in [3.63, 3.8) is 0 Å². The minimum atomic E-state index is -4.15. The second-order valence-electron chi connectivity index (χ2n) is 6.05. The molecule has 1 aliphatic rings. The molecule has 0 aromatic rings. The van der Waals surface area contributed by atoms with Gasteiger partial charge in [0.1, 0.15) is 0 Å². The summed E-state index contributed by atoms with van der Waals surface area (Å²) in [5.41, 5.74) is -0.205. The Kier molecular flexibility index (Phi) is 6.75. The fraction of sp³-hybridized carbons (Fsp3) is 1.00. The number of nitrogens with one attached hydrogen (secondary N) is 1. The molecular formula is C14H27F3N2O. The first kappa shape index (κ1) is 17.7. The van der Waals surface area contributed by atoms with Crippen LogP contribution in [0.5, 0.6) is 0 Å². The van der Waals surface area contributed by atoms with Crippen LogP contribution in [0.4, 0.5) is 13.2 Å². The lowest BCUT2D eigenvalue weighted by Gasteiger charge is -2.42. The molecule has 1 aliphatic heterocycles.